The maximum atomic E-state index is 14.0. The average molecular weight is 516 g/mol. The van der Waals surface area contributed by atoms with Gasteiger partial charge in [-0.1, -0.05) is 24.3 Å². The molecule has 3 N–H and O–H groups in total. The van der Waals surface area contributed by atoms with Crippen molar-refractivity contribution in [2.75, 3.05) is 31.1 Å². The molecule has 2 saturated heterocycles. The monoisotopic (exact) mass is 515 g/mol. The number of amides is 3. The molecule has 11 heteroatoms. The first-order valence-electron chi connectivity index (χ1n) is 12.3. The lowest BCUT2D eigenvalue weighted by molar-refractivity contribution is -0.158. The number of hydrogen-bond donors (Lipinski definition) is 3. The average Bonchev–Trinajstić information content (AvgIpc) is 3.20. The molecule has 0 saturated carbocycles. The fourth-order valence-corrected chi connectivity index (χ4v) is 5.15. The van der Waals surface area contributed by atoms with E-state index in [2.05, 4.69) is 20.9 Å². The highest BCUT2D eigenvalue weighted by molar-refractivity contribution is 6.05. The van der Waals surface area contributed by atoms with E-state index in [0.29, 0.717) is 16.7 Å². The molecule has 2 atom stereocenters. The number of carbonyl (C=O) groups is 3. The van der Waals surface area contributed by atoms with Gasteiger partial charge in [-0.05, 0) is 41.3 Å². The number of anilines is 1. The number of fused-ring (bicyclic) bond motifs is 1. The molecule has 196 valence electrons. The first-order chi connectivity index (χ1) is 17.7. The summed E-state index contributed by atoms with van der Waals surface area (Å²) < 4.78 is 41.9. The molecule has 37 heavy (non-hydrogen) atoms. The van der Waals surface area contributed by atoms with Crippen LogP contribution in [0.1, 0.15) is 45.9 Å². The van der Waals surface area contributed by atoms with Crippen molar-refractivity contribution >= 4 is 23.4 Å². The Balaban J connectivity index is 1.27. The van der Waals surface area contributed by atoms with Gasteiger partial charge in [-0.2, -0.15) is 13.2 Å². The normalized spacial score (nSPS) is 21.2. The third kappa shape index (κ3) is 5.33. The minimum atomic E-state index is -4.51. The quantitative estimate of drug-likeness (QED) is 0.511. The summed E-state index contributed by atoms with van der Waals surface area (Å²) in [7, 11) is 0. The highest BCUT2D eigenvalue weighted by Crippen LogP contribution is 2.34. The molecule has 8 nitrogen and oxygen atoms in total. The minimum absolute atomic E-state index is 0.0945. The Hall–Kier alpha value is -3.44. The van der Waals surface area contributed by atoms with Gasteiger partial charge in [0.15, 0.2) is 0 Å². The van der Waals surface area contributed by atoms with Gasteiger partial charge < -0.3 is 15.1 Å². The van der Waals surface area contributed by atoms with Gasteiger partial charge in [0.2, 0.25) is 11.8 Å². The Kier molecular flexibility index (Phi) is 6.91. The van der Waals surface area contributed by atoms with Crippen LogP contribution >= 0.6 is 0 Å². The highest BCUT2D eigenvalue weighted by atomic mass is 19.4. The lowest BCUT2D eigenvalue weighted by Gasteiger charge is -2.30. The van der Waals surface area contributed by atoms with E-state index < -0.39 is 24.2 Å². The Morgan fingerprint density at radius 3 is 2.43 bits per heavy atom. The van der Waals surface area contributed by atoms with Gasteiger partial charge in [-0.25, -0.2) is 0 Å². The SMILES string of the molecule is O=C1CCC(N2Cc3ccc(CNC(c4ccc(N5CCNCC5)cc4)C(F)(F)F)cc3C2=O)C(=O)N1. The third-order valence-corrected chi connectivity index (χ3v) is 7.14. The molecule has 0 aliphatic carbocycles. The van der Waals surface area contributed by atoms with E-state index in [9.17, 15) is 27.6 Å². The number of alkyl halides is 3. The van der Waals surface area contributed by atoms with Crippen LogP contribution in [0.25, 0.3) is 0 Å². The minimum Gasteiger partial charge on any atom is -0.369 e. The lowest BCUT2D eigenvalue weighted by Crippen LogP contribution is -2.52. The van der Waals surface area contributed by atoms with Crippen molar-refractivity contribution in [3.8, 4) is 0 Å². The molecule has 2 fully saturated rings. The van der Waals surface area contributed by atoms with E-state index in [4.69, 9.17) is 0 Å². The van der Waals surface area contributed by atoms with E-state index in [1.807, 2.05) is 0 Å². The molecule has 2 aromatic rings. The summed E-state index contributed by atoms with van der Waals surface area (Å²) in [5.74, 6) is -1.23. The van der Waals surface area contributed by atoms with Crippen LogP contribution < -0.4 is 20.9 Å². The van der Waals surface area contributed by atoms with Crippen molar-refractivity contribution in [3.63, 3.8) is 0 Å². The van der Waals surface area contributed by atoms with E-state index in [1.165, 1.54) is 17.0 Å². The van der Waals surface area contributed by atoms with Crippen molar-refractivity contribution < 1.29 is 27.6 Å². The van der Waals surface area contributed by atoms with Crippen molar-refractivity contribution in [3.05, 3.63) is 64.7 Å². The summed E-state index contributed by atoms with van der Waals surface area (Å²) >= 11 is 0. The van der Waals surface area contributed by atoms with Gasteiger partial charge in [-0.15, -0.1) is 0 Å². The first kappa shape index (κ1) is 25.2. The second-order valence-corrected chi connectivity index (χ2v) is 9.58. The van der Waals surface area contributed by atoms with Crippen molar-refractivity contribution in [2.45, 2.75) is 44.2 Å². The Bertz CT molecular complexity index is 1190. The lowest BCUT2D eigenvalue weighted by atomic mass is 10.0. The molecule has 2 aromatic carbocycles. The summed E-state index contributed by atoms with van der Waals surface area (Å²) in [6, 6.07) is 8.83. The number of hydrogen-bond acceptors (Lipinski definition) is 6. The van der Waals surface area contributed by atoms with Crippen LogP contribution in [0, 0.1) is 0 Å². The smallest absolute Gasteiger partial charge is 0.369 e. The zero-order valence-electron chi connectivity index (χ0n) is 20.1. The van der Waals surface area contributed by atoms with Gasteiger partial charge in [0.1, 0.15) is 12.1 Å². The molecule has 3 amide bonds. The van der Waals surface area contributed by atoms with Crippen LogP contribution in [-0.2, 0) is 22.7 Å². The van der Waals surface area contributed by atoms with Gasteiger partial charge in [-0.3, -0.25) is 25.0 Å². The van der Waals surface area contributed by atoms with Crippen molar-refractivity contribution in [2.24, 2.45) is 0 Å². The molecule has 3 aliphatic rings. The van der Waals surface area contributed by atoms with Crippen LogP contribution in [0.3, 0.4) is 0 Å². The maximum Gasteiger partial charge on any atom is 0.407 e. The number of nitrogens with zero attached hydrogens (tertiary/aromatic N) is 2. The topological polar surface area (TPSA) is 93.8 Å². The fraction of sp³-hybridized carbons (Fsp3) is 0.423. The van der Waals surface area contributed by atoms with Crippen molar-refractivity contribution in [1.82, 2.24) is 20.9 Å². The van der Waals surface area contributed by atoms with Gasteiger partial charge in [0, 0.05) is 56.9 Å². The van der Waals surface area contributed by atoms with E-state index in [0.717, 1.165) is 31.9 Å². The number of piperidine rings is 1. The molecule has 5 rings (SSSR count). The van der Waals surface area contributed by atoms with Gasteiger partial charge in [0.25, 0.3) is 5.91 Å². The number of benzene rings is 2. The molecule has 0 bridgehead atoms. The standard InChI is InChI=1S/C26H28F3N5O3/c27-26(28,29)23(17-3-5-19(6-4-17)33-11-9-30-10-12-33)31-14-16-1-2-18-15-34(25(37)20(18)13-16)21-7-8-22(35)32-24(21)36/h1-6,13,21,23,30-31H,7-12,14-15H2,(H,32,35,36). The first-order valence-corrected chi connectivity index (χ1v) is 12.3. The fourth-order valence-electron chi connectivity index (χ4n) is 5.15. The predicted molar refractivity (Wildman–Crippen MR) is 130 cm³/mol. The predicted octanol–water partition coefficient (Wildman–Crippen LogP) is 2.25. The summed E-state index contributed by atoms with van der Waals surface area (Å²) in [6.45, 7) is 3.41. The number of carbonyl (C=O) groups excluding carboxylic acids is 3. The molecule has 2 unspecified atom stereocenters. The number of halogens is 3. The number of piperazine rings is 1. The molecule has 3 aliphatic heterocycles. The van der Waals surface area contributed by atoms with E-state index in [-0.39, 0.29) is 43.3 Å². The zero-order chi connectivity index (χ0) is 26.2. The maximum absolute atomic E-state index is 14.0. The molecule has 0 radical (unpaired) electrons. The second-order valence-electron chi connectivity index (χ2n) is 9.58. The summed E-state index contributed by atoms with van der Waals surface area (Å²) in [5, 5.41) is 8.12. The van der Waals surface area contributed by atoms with E-state index in [1.54, 1.807) is 30.3 Å². The third-order valence-electron chi connectivity index (χ3n) is 7.14. The Labute approximate surface area is 212 Å². The van der Waals surface area contributed by atoms with Crippen LogP contribution in [0.4, 0.5) is 18.9 Å². The summed E-state index contributed by atoms with van der Waals surface area (Å²) in [6.07, 6.45) is -4.11. The summed E-state index contributed by atoms with van der Waals surface area (Å²) in [5.41, 5.74) is 2.61. The van der Waals surface area contributed by atoms with Gasteiger partial charge >= 0.3 is 6.18 Å². The Morgan fingerprint density at radius 1 is 1.03 bits per heavy atom. The number of nitrogens with one attached hydrogen (secondary N) is 3. The number of imide groups is 1. The number of rotatable bonds is 6. The van der Waals surface area contributed by atoms with E-state index >= 15 is 0 Å². The zero-order valence-corrected chi connectivity index (χ0v) is 20.1. The molecular formula is C26H28F3N5O3. The second kappa shape index (κ2) is 10.1. The van der Waals surface area contributed by atoms with Crippen LogP contribution in [-0.4, -0.2) is 61.0 Å². The van der Waals surface area contributed by atoms with Crippen LogP contribution in [0.15, 0.2) is 42.5 Å². The molecular weight excluding hydrogens is 487 g/mol. The highest BCUT2D eigenvalue weighted by Gasteiger charge is 2.41. The van der Waals surface area contributed by atoms with Gasteiger partial charge in [0.05, 0.1) is 0 Å². The van der Waals surface area contributed by atoms with Crippen molar-refractivity contribution in [1.29, 1.82) is 0 Å². The van der Waals surface area contributed by atoms with Crippen LogP contribution in [0.5, 0.6) is 0 Å². The molecule has 3 heterocycles. The van der Waals surface area contributed by atoms with Crippen LogP contribution in [0.2, 0.25) is 0 Å². The largest absolute Gasteiger partial charge is 0.407 e. The summed E-state index contributed by atoms with van der Waals surface area (Å²) in [4.78, 5) is 40.2. The molecule has 0 aromatic heterocycles. The Morgan fingerprint density at radius 2 is 1.76 bits per heavy atom. The molecule has 0 spiro atoms.